The monoisotopic (exact) mass is 440 g/mol. The van der Waals surface area contributed by atoms with Crippen LogP contribution in [-0.2, 0) is 20.2 Å². The van der Waals surface area contributed by atoms with E-state index in [0.29, 0.717) is 11.1 Å². The summed E-state index contributed by atoms with van der Waals surface area (Å²) < 4.78 is 41.0. The lowest BCUT2D eigenvalue weighted by Gasteiger charge is -2.53. The maximum absolute atomic E-state index is 13.5. The Hall–Kier alpha value is -3.59. The van der Waals surface area contributed by atoms with Crippen LogP contribution in [0.25, 0.3) is 0 Å². The van der Waals surface area contributed by atoms with Gasteiger partial charge in [-0.1, -0.05) is 42.5 Å². The number of rotatable bonds is 5. The van der Waals surface area contributed by atoms with Crippen LogP contribution in [0, 0.1) is 15.9 Å². The largest absolute Gasteiger partial charge is 0.273 e. The SMILES string of the molecule is C[C@@]1(c2ccccc2)C(=O)N(S(=O)(=O)c2ccc([N+](=O)[O-])cc2)[C@H]1c1ccc(F)cc1. The molecule has 1 heterocycles. The zero-order valence-corrected chi connectivity index (χ0v) is 17.1. The normalized spacial score (nSPS) is 20.9. The molecule has 0 saturated carbocycles. The van der Waals surface area contributed by atoms with Crippen LogP contribution >= 0.6 is 0 Å². The molecule has 0 radical (unpaired) electrons. The van der Waals surface area contributed by atoms with Crippen LogP contribution < -0.4 is 0 Å². The average Bonchev–Trinajstić information content (AvgIpc) is 2.77. The van der Waals surface area contributed by atoms with Gasteiger partial charge < -0.3 is 0 Å². The lowest BCUT2D eigenvalue weighted by atomic mass is 9.66. The molecule has 31 heavy (non-hydrogen) atoms. The van der Waals surface area contributed by atoms with Gasteiger partial charge in [-0.3, -0.25) is 14.9 Å². The van der Waals surface area contributed by atoms with Crippen LogP contribution in [0.5, 0.6) is 0 Å². The number of benzene rings is 3. The van der Waals surface area contributed by atoms with E-state index in [1.165, 1.54) is 24.3 Å². The third-order valence-corrected chi connectivity index (χ3v) is 7.35. The molecule has 1 saturated heterocycles. The first-order chi connectivity index (χ1) is 14.7. The number of carbonyl (C=O) groups is 1. The van der Waals surface area contributed by atoms with Gasteiger partial charge in [-0.05, 0) is 42.3 Å². The highest BCUT2D eigenvalue weighted by molar-refractivity contribution is 7.89. The van der Waals surface area contributed by atoms with E-state index < -0.39 is 38.1 Å². The fourth-order valence-corrected chi connectivity index (χ4v) is 5.64. The summed E-state index contributed by atoms with van der Waals surface area (Å²) in [4.78, 5) is 23.3. The van der Waals surface area contributed by atoms with E-state index in [1.807, 2.05) is 0 Å². The predicted octanol–water partition coefficient (Wildman–Crippen LogP) is 3.96. The summed E-state index contributed by atoms with van der Waals surface area (Å²) in [6.45, 7) is 1.65. The summed E-state index contributed by atoms with van der Waals surface area (Å²) >= 11 is 0. The van der Waals surface area contributed by atoms with Crippen LogP contribution in [0.1, 0.15) is 24.1 Å². The minimum absolute atomic E-state index is 0.242. The fourth-order valence-electron chi connectivity index (χ4n) is 3.91. The summed E-state index contributed by atoms with van der Waals surface area (Å²) in [6.07, 6.45) is 0. The number of β-lactam (4-membered cyclic amide) rings is 1. The Kier molecular flexibility index (Phi) is 4.85. The number of carbonyl (C=O) groups excluding carboxylic acids is 1. The smallest absolute Gasteiger partial charge is 0.269 e. The van der Waals surface area contributed by atoms with Crippen LogP contribution in [-0.4, -0.2) is 23.6 Å². The maximum Gasteiger partial charge on any atom is 0.269 e. The van der Waals surface area contributed by atoms with Crippen molar-refractivity contribution in [3.8, 4) is 0 Å². The van der Waals surface area contributed by atoms with Gasteiger partial charge in [0.25, 0.3) is 15.7 Å². The molecule has 1 aliphatic rings. The van der Waals surface area contributed by atoms with Gasteiger partial charge in [0.15, 0.2) is 0 Å². The Labute approximate surface area is 178 Å². The number of halogens is 1. The van der Waals surface area contributed by atoms with Gasteiger partial charge in [0.2, 0.25) is 5.91 Å². The first kappa shape index (κ1) is 20.7. The van der Waals surface area contributed by atoms with E-state index >= 15 is 0 Å². The first-order valence-electron chi connectivity index (χ1n) is 9.31. The molecular formula is C22H17FN2O5S. The van der Waals surface area contributed by atoms with Crippen LogP contribution in [0.3, 0.4) is 0 Å². The summed E-state index contributed by atoms with van der Waals surface area (Å²) in [5, 5.41) is 10.9. The second-order valence-corrected chi connectivity index (χ2v) is 9.19. The Morgan fingerprint density at radius 1 is 0.968 bits per heavy atom. The minimum Gasteiger partial charge on any atom is -0.273 e. The van der Waals surface area contributed by atoms with Crippen LogP contribution in [0.4, 0.5) is 10.1 Å². The lowest BCUT2D eigenvalue weighted by Crippen LogP contribution is -2.66. The zero-order valence-electron chi connectivity index (χ0n) is 16.3. The molecule has 0 N–H and O–H groups in total. The van der Waals surface area contributed by atoms with E-state index in [1.54, 1.807) is 37.3 Å². The number of amides is 1. The van der Waals surface area contributed by atoms with Crippen molar-refractivity contribution in [3.63, 3.8) is 0 Å². The molecule has 1 amide bonds. The molecular weight excluding hydrogens is 423 g/mol. The van der Waals surface area contributed by atoms with E-state index in [0.717, 1.165) is 28.6 Å². The number of non-ortho nitro benzene ring substituents is 1. The number of sulfonamides is 1. The van der Waals surface area contributed by atoms with E-state index in [4.69, 9.17) is 0 Å². The van der Waals surface area contributed by atoms with Gasteiger partial charge in [0.1, 0.15) is 5.82 Å². The lowest BCUT2D eigenvalue weighted by molar-refractivity contribution is -0.384. The molecule has 7 nitrogen and oxygen atoms in total. The standard InChI is InChI=1S/C22H17FN2O5S/c1-22(16-5-3-2-4-6-16)20(15-7-9-17(23)10-8-15)24(21(22)26)31(29,30)19-13-11-18(12-14-19)25(27)28/h2-14,20H,1H3/t20-,22-/m0/s1. The summed E-state index contributed by atoms with van der Waals surface area (Å²) in [5.74, 6) is -1.12. The van der Waals surface area contributed by atoms with Crippen molar-refractivity contribution in [2.45, 2.75) is 23.3 Å². The highest BCUT2D eigenvalue weighted by atomic mass is 32.2. The number of nitro groups is 1. The first-order valence-corrected chi connectivity index (χ1v) is 10.8. The van der Waals surface area contributed by atoms with Crippen molar-refractivity contribution in [1.29, 1.82) is 0 Å². The summed E-state index contributed by atoms with van der Waals surface area (Å²) in [7, 11) is -4.31. The van der Waals surface area contributed by atoms with Crippen molar-refractivity contribution < 1.29 is 22.5 Å². The van der Waals surface area contributed by atoms with Crippen molar-refractivity contribution in [1.82, 2.24) is 4.31 Å². The van der Waals surface area contributed by atoms with Crippen molar-refractivity contribution in [2.24, 2.45) is 0 Å². The van der Waals surface area contributed by atoms with Gasteiger partial charge in [-0.15, -0.1) is 0 Å². The highest BCUT2D eigenvalue weighted by Crippen LogP contribution is 2.53. The summed E-state index contributed by atoms with van der Waals surface area (Å²) in [6, 6.07) is 17.5. The molecule has 0 aromatic heterocycles. The Bertz CT molecular complexity index is 1260. The molecule has 4 rings (SSSR count). The third-order valence-electron chi connectivity index (χ3n) is 5.59. The molecule has 2 atom stereocenters. The maximum atomic E-state index is 13.5. The molecule has 0 bridgehead atoms. The minimum atomic E-state index is -4.31. The van der Waals surface area contributed by atoms with E-state index in [9.17, 15) is 27.7 Å². The molecule has 0 spiro atoms. The molecule has 3 aromatic rings. The second kappa shape index (κ2) is 7.28. The Morgan fingerprint density at radius 2 is 1.55 bits per heavy atom. The van der Waals surface area contributed by atoms with Gasteiger partial charge in [0.05, 0.1) is 21.3 Å². The zero-order chi connectivity index (χ0) is 22.4. The van der Waals surface area contributed by atoms with Crippen molar-refractivity contribution in [2.75, 3.05) is 0 Å². The topological polar surface area (TPSA) is 97.6 Å². The Morgan fingerprint density at radius 3 is 2.10 bits per heavy atom. The molecule has 158 valence electrons. The second-order valence-electron chi connectivity index (χ2n) is 7.38. The average molecular weight is 440 g/mol. The number of nitro benzene ring substituents is 1. The molecule has 1 fully saturated rings. The fraction of sp³-hybridized carbons (Fsp3) is 0.136. The molecule has 0 unspecified atom stereocenters. The van der Waals surface area contributed by atoms with Gasteiger partial charge in [0, 0.05) is 12.1 Å². The van der Waals surface area contributed by atoms with Gasteiger partial charge >= 0.3 is 0 Å². The number of hydrogen-bond donors (Lipinski definition) is 0. The van der Waals surface area contributed by atoms with Crippen LogP contribution in [0.15, 0.2) is 83.8 Å². The van der Waals surface area contributed by atoms with Crippen LogP contribution in [0.2, 0.25) is 0 Å². The molecule has 9 heteroatoms. The van der Waals surface area contributed by atoms with E-state index in [2.05, 4.69) is 0 Å². The van der Waals surface area contributed by atoms with Crippen molar-refractivity contribution in [3.05, 3.63) is 106 Å². The number of nitrogens with zero attached hydrogens (tertiary/aromatic N) is 2. The number of hydrogen-bond acceptors (Lipinski definition) is 5. The molecule has 3 aromatic carbocycles. The van der Waals surface area contributed by atoms with Gasteiger partial charge in [-0.2, -0.15) is 0 Å². The highest BCUT2D eigenvalue weighted by Gasteiger charge is 2.63. The van der Waals surface area contributed by atoms with Gasteiger partial charge in [-0.25, -0.2) is 17.1 Å². The van der Waals surface area contributed by atoms with Crippen molar-refractivity contribution >= 4 is 21.6 Å². The summed E-state index contributed by atoms with van der Waals surface area (Å²) in [5.41, 5.74) is -0.368. The van der Waals surface area contributed by atoms with E-state index in [-0.39, 0.29) is 10.6 Å². The molecule has 0 aliphatic carbocycles. The predicted molar refractivity (Wildman–Crippen MR) is 110 cm³/mol. The molecule has 1 aliphatic heterocycles. The third kappa shape index (κ3) is 3.17. The Balaban J connectivity index is 1.83. The quantitative estimate of drug-likeness (QED) is 0.340.